The highest BCUT2D eigenvalue weighted by atomic mass is 16.1. The molecular weight excluding hydrogens is 346 g/mol. The normalized spacial score (nSPS) is 11.7. The number of nitrogens with one attached hydrogen (secondary N) is 1. The molecule has 3 aromatic carbocycles. The van der Waals surface area contributed by atoms with Crippen LogP contribution in [0.3, 0.4) is 0 Å². The van der Waals surface area contributed by atoms with Gasteiger partial charge >= 0.3 is 0 Å². The summed E-state index contributed by atoms with van der Waals surface area (Å²) in [6.45, 7) is 0.623. The van der Waals surface area contributed by atoms with E-state index in [0.717, 1.165) is 16.7 Å². The van der Waals surface area contributed by atoms with Crippen LogP contribution in [-0.2, 0) is 6.54 Å². The van der Waals surface area contributed by atoms with Gasteiger partial charge in [0.2, 0.25) is 0 Å². The van der Waals surface area contributed by atoms with Gasteiger partial charge in [-0.1, -0.05) is 72.8 Å². The summed E-state index contributed by atoms with van der Waals surface area (Å²) < 4.78 is 1.97. The molecule has 0 aliphatic carbocycles. The van der Waals surface area contributed by atoms with Gasteiger partial charge in [-0.2, -0.15) is 0 Å². The van der Waals surface area contributed by atoms with Gasteiger partial charge in [0.1, 0.15) is 0 Å². The first-order valence-electron chi connectivity index (χ1n) is 9.26. The second kappa shape index (κ2) is 8.35. The smallest absolute Gasteiger partial charge is 0.251 e. The summed E-state index contributed by atoms with van der Waals surface area (Å²) in [4.78, 5) is 17.0. The van der Waals surface area contributed by atoms with Crippen molar-refractivity contribution >= 4 is 5.91 Å². The van der Waals surface area contributed by atoms with E-state index in [9.17, 15) is 4.79 Å². The molecule has 1 aromatic heterocycles. The summed E-state index contributed by atoms with van der Waals surface area (Å²) in [7, 11) is 0. The van der Waals surface area contributed by atoms with Crippen molar-refractivity contribution in [3.05, 3.63) is 115 Å². The van der Waals surface area contributed by atoms with E-state index in [1.807, 2.05) is 83.6 Å². The number of benzene rings is 3. The Morgan fingerprint density at radius 2 is 1.50 bits per heavy atom. The number of imidazole rings is 1. The van der Waals surface area contributed by atoms with E-state index in [4.69, 9.17) is 0 Å². The van der Waals surface area contributed by atoms with Gasteiger partial charge < -0.3 is 9.88 Å². The molecule has 1 unspecified atom stereocenters. The molecule has 0 spiro atoms. The van der Waals surface area contributed by atoms with Crippen molar-refractivity contribution in [1.82, 2.24) is 14.9 Å². The van der Waals surface area contributed by atoms with Crippen LogP contribution in [0.4, 0.5) is 0 Å². The van der Waals surface area contributed by atoms with Crippen molar-refractivity contribution in [2.75, 3.05) is 0 Å². The molecular formula is C24H21N3O. The number of carbonyl (C=O) groups is 1. The third kappa shape index (κ3) is 4.18. The second-order valence-electron chi connectivity index (χ2n) is 6.64. The summed E-state index contributed by atoms with van der Waals surface area (Å²) in [5.74, 6) is -0.0893. The standard InChI is InChI=1S/C24H21N3O/c28-24(22-13-11-20(12-14-22)19-7-3-1-4-8-19)26-23(17-27-16-15-25-18-27)21-9-5-2-6-10-21/h1-16,18,23H,17H2,(H,26,28). The third-order valence-corrected chi connectivity index (χ3v) is 4.71. The van der Waals surface area contributed by atoms with Crippen LogP contribution in [0.15, 0.2) is 104 Å². The van der Waals surface area contributed by atoms with E-state index < -0.39 is 0 Å². The molecule has 0 aliphatic heterocycles. The molecule has 0 radical (unpaired) electrons. The lowest BCUT2D eigenvalue weighted by molar-refractivity contribution is 0.0932. The molecule has 1 N–H and O–H groups in total. The Hall–Kier alpha value is -3.66. The largest absolute Gasteiger partial charge is 0.343 e. The van der Waals surface area contributed by atoms with Crippen LogP contribution in [0.2, 0.25) is 0 Å². The van der Waals surface area contributed by atoms with Crippen molar-refractivity contribution in [2.24, 2.45) is 0 Å². The molecule has 0 saturated carbocycles. The predicted octanol–water partition coefficient (Wildman–Crippen LogP) is 4.72. The molecule has 4 rings (SSSR count). The first-order chi connectivity index (χ1) is 13.8. The van der Waals surface area contributed by atoms with E-state index in [0.29, 0.717) is 12.1 Å². The maximum Gasteiger partial charge on any atom is 0.251 e. The van der Waals surface area contributed by atoms with E-state index in [-0.39, 0.29) is 11.9 Å². The van der Waals surface area contributed by atoms with Crippen LogP contribution >= 0.6 is 0 Å². The maximum absolute atomic E-state index is 12.9. The van der Waals surface area contributed by atoms with Crippen LogP contribution in [-0.4, -0.2) is 15.5 Å². The number of nitrogens with zero attached hydrogens (tertiary/aromatic N) is 2. The lowest BCUT2D eigenvalue weighted by Gasteiger charge is -2.20. The van der Waals surface area contributed by atoms with Crippen molar-refractivity contribution in [2.45, 2.75) is 12.6 Å². The van der Waals surface area contributed by atoms with E-state index in [1.165, 1.54) is 0 Å². The molecule has 1 amide bonds. The van der Waals surface area contributed by atoms with E-state index in [2.05, 4.69) is 22.4 Å². The highest BCUT2D eigenvalue weighted by molar-refractivity contribution is 5.95. The molecule has 4 heteroatoms. The minimum atomic E-state index is -0.142. The lowest BCUT2D eigenvalue weighted by atomic mass is 10.0. The number of hydrogen-bond acceptors (Lipinski definition) is 2. The highest BCUT2D eigenvalue weighted by Crippen LogP contribution is 2.20. The molecule has 28 heavy (non-hydrogen) atoms. The Balaban J connectivity index is 1.52. The fraction of sp³-hybridized carbons (Fsp3) is 0.0833. The van der Waals surface area contributed by atoms with Crippen molar-refractivity contribution in [1.29, 1.82) is 0 Å². The zero-order valence-corrected chi connectivity index (χ0v) is 15.4. The van der Waals surface area contributed by atoms with Gasteiger partial charge in [-0.3, -0.25) is 4.79 Å². The van der Waals surface area contributed by atoms with Gasteiger partial charge in [0, 0.05) is 24.5 Å². The van der Waals surface area contributed by atoms with Crippen molar-refractivity contribution in [3.8, 4) is 11.1 Å². The third-order valence-electron chi connectivity index (χ3n) is 4.71. The van der Waals surface area contributed by atoms with Crippen molar-refractivity contribution < 1.29 is 4.79 Å². The molecule has 0 bridgehead atoms. The molecule has 4 aromatic rings. The average molecular weight is 367 g/mol. The minimum Gasteiger partial charge on any atom is -0.343 e. The van der Waals surface area contributed by atoms with Crippen LogP contribution in [0.1, 0.15) is 22.0 Å². The molecule has 138 valence electrons. The Morgan fingerprint density at radius 3 is 2.14 bits per heavy atom. The van der Waals surface area contributed by atoms with E-state index in [1.54, 1.807) is 12.5 Å². The zero-order chi connectivity index (χ0) is 19.2. The number of rotatable bonds is 6. The first-order valence-corrected chi connectivity index (χ1v) is 9.26. The zero-order valence-electron chi connectivity index (χ0n) is 15.4. The van der Waals surface area contributed by atoms with Gasteiger partial charge in [-0.05, 0) is 28.8 Å². The van der Waals surface area contributed by atoms with Crippen molar-refractivity contribution in [3.63, 3.8) is 0 Å². The summed E-state index contributed by atoms with van der Waals surface area (Å²) in [6, 6.07) is 27.7. The molecule has 0 fully saturated rings. The highest BCUT2D eigenvalue weighted by Gasteiger charge is 2.16. The SMILES string of the molecule is O=C(NC(Cn1ccnc1)c1ccccc1)c1ccc(-c2ccccc2)cc1. The van der Waals surface area contributed by atoms with Crippen LogP contribution in [0.25, 0.3) is 11.1 Å². The summed E-state index contributed by atoms with van der Waals surface area (Å²) in [5, 5.41) is 3.16. The number of amides is 1. The lowest BCUT2D eigenvalue weighted by Crippen LogP contribution is -2.31. The Labute approximate surface area is 164 Å². The first kappa shape index (κ1) is 17.7. The quantitative estimate of drug-likeness (QED) is 0.536. The number of aromatic nitrogens is 2. The van der Waals surface area contributed by atoms with Gasteiger partial charge in [0.25, 0.3) is 5.91 Å². The van der Waals surface area contributed by atoms with Gasteiger partial charge in [-0.25, -0.2) is 4.98 Å². The number of carbonyl (C=O) groups excluding carboxylic acids is 1. The minimum absolute atomic E-state index is 0.0893. The summed E-state index contributed by atoms with van der Waals surface area (Å²) in [6.07, 6.45) is 5.40. The van der Waals surface area contributed by atoms with Crippen LogP contribution < -0.4 is 5.32 Å². The summed E-state index contributed by atoms with van der Waals surface area (Å²) in [5.41, 5.74) is 3.93. The van der Waals surface area contributed by atoms with Gasteiger partial charge in [-0.15, -0.1) is 0 Å². The summed E-state index contributed by atoms with van der Waals surface area (Å²) >= 11 is 0. The Morgan fingerprint density at radius 1 is 0.857 bits per heavy atom. The fourth-order valence-electron chi connectivity index (χ4n) is 3.21. The number of hydrogen-bond donors (Lipinski definition) is 1. The van der Waals surface area contributed by atoms with Crippen LogP contribution in [0.5, 0.6) is 0 Å². The Kier molecular flexibility index (Phi) is 5.29. The molecule has 1 heterocycles. The maximum atomic E-state index is 12.9. The fourth-order valence-corrected chi connectivity index (χ4v) is 3.21. The topological polar surface area (TPSA) is 46.9 Å². The molecule has 0 aliphatic rings. The van der Waals surface area contributed by atoms with Gasteiger partial charge in [0.15, 0.2) is 0 Å². The second-order valence-corrected chi connectivity index (χ2v) is 6.64. The van der Waals surface area contributed by atoms with Crippen LogP contribution in [0, 0.1) is 0 Å². The Bertz CT molecular complexity index is 1010. The van der Waals surface area contributed by atoms with Gasteiger partial charge in [0.05, 0.1) is 12.4 Å². The monoisotopic (exact) mass is 367 g/mol. The predicted molar refractivity (Wildman–Crippen MR) is 111 cm³/mol. The average Bonchev–Trinajstić information content (AvgIpc) is 3.28. The molecule has 4 nitrogen and oxygen atoms in total. The van der Waals surface area contributed by atoms with E-state index >= 15 is 0 Å². The molecule has 1 atom stereocenters. The molecule has 0 saturated heterocycles.